The summed E-state index contributed by atoms with van der Waals surface area (Å²) in [6.45, 7) is 6.59. The molecule has 5 rings (SSSR count). The van der Waals surface area contributed by atoms with E-state index in [1.54, 1.807) is 11.9 Å². The van der Waals surface area contributed by atoms with Crippen molar-refractivity contribution < 1.29 is 14.3 Å². The fraction of sp³-hybridized carbons (Fsp3) is 0.440. The van der Waals surface area contributed by atoms with Crippen molar-refractivity contribution in [1.82, 2.24) is 20.0 Å². The Morgan fingerprint density at radius 2 is 1.76 bits per heavy atom. The molecule has 3 saturated heterocycles. The minimum absolute atomic E-state index is 0.132. The first-order chi connectivity index (χ1) is 16.0. The molecule has 2 aromatic carbocycles. The number of ether oxygens (including phenoxy) is 1. The Hall–Kier alpha value is -3.10. The number of anilines is 1. The minimum atomic E-state index is -0.409. The fourth-order valence-corrected chi connectivity index (χ4v) is 5.11. The molecule has 0 spiro atoms. The van der Waals surface area contributed by atoms with Crippen molar-refractivity contribution in [2.75, 3.05) is 31.6 Å². The van der Waals surface area contributed by atoms with Gasteiger partial charge in [0.15, 0.2) is 0 Å². The normalized spacial score (nSPS) is 25.3. The van der Waals surface area contributed by atoms with Crippen LogP contribution >= 0.6 is 0 Å². The topological polar surface area (TPSA) is 68.4 Å². The van der Waals surface area contributed by atoms with Crippen LogP contribution in [0.2, 0.25) is 0 Å². The number of imide groups is 1. The van der Waals surface area contributed by atoms with Crippen LogP contribution in [0.1, 0.15) is 24.5 Å². The van der Waals surface area contributed by atoms with Crippen molar-refractivity contribution in [2.45, 2.75) is 45.3 Å². The van der Waals surface area contributed by atoms with Gasteiger partial charge >= 0.3 is 6.03 Å². The molecule has 0 aliphatic carbocycles. The predicted molar refractivity (Wildman–Crippen MR) is 126 cm³/mol. The van der Waals surface area contributed by atoms with Crippen molar-refractivity contribution in [2.24, 2.45) is 0 Å². The molecule has 8 nitrogen and oxygen atoms in total. The Balaban J connectivity index is 1.39. The first-order valence-corrected chi connectivity index (χ1v) is 11.6. The molecule has 0 saturated carbocycles. The zero-order valence-corrected chi connectivity index (χ0v) is 19.4. The first kappa shape index (κ1) is 21.7. The highest BCUT2D eigenvalue weighted by Gasteiger charge is 2.56. The zero-order chi connectivity index (χ0) is 23.1. The largest absolute Gasteiger partial charge is 0.494 e. The van der Waals surface area contributed by atoms with Gasteiger partial charge in [-0.1, -0.05) is 29.8 Å². The van der Waals surface area contributed by atoms with E-state index in [0.717, 1.165) is 42.1 Å². The lowest BCUT2D eigenvalue weighted by Crippen LogP contribution is -2.66. The van der Waals surface area contributed by atoms with Gasteiger partial charge in [-0.05, 0) is 50.1 Å². The van der Waals surface area contributed by atoms with Gasteiger partial charge in [0.25, 0.3) is 5.91 Å². The van der Waals surface area contributed by atoms with Gasteiger partial charge < -0.3 is 14.5 Å². The minimum Gasteiger partial charge on any atom is -0.494 e. The second kappa shape index (κ2) is 8.68. The van der Waals surface area contributed by atoms with Crippen molar-refractivity contribution in [3.8, 4) is 5.75 Å². The summed E-state index contributed by atoms with van der Waals surface area (Å²) in [4.78, 5) is 34.3. The quantitative estimate of drug-likeness (QED) is 0.757. The average molecular weight is 450 g/mol. The third kappa shape index (κ3) is 3.83. The number of nitrogens with one attached hydrogen (secondary N) is 1. The van der Waals surface area contributed by atoms with Crippen LogP contribution in [0.5, 0.6) is 5.75 Å². The van der Waals surface area contributed by atoms with Gasteiger partial charge in [-0.25, -0.2) is 4.79 Å². The van der Waals surface area contributed by atoms with E-state index in [1.165, 1.54) is 4.90 Å². The Morgan fingerprint density at radius 1 is 1.03 bits per heavy atom. The summed E-state index contributed by atoms with van der Waals surface area (Å²) in [5.74, 6) is 0.711. The molecule has 3 heterocycles. The third-order valence-electron chi connectivity index (χ3n) is 6.81. The molecule has 3 fully saturated rings. The summed E-state index contributed by atoms with van der Waals surface area (Å²) in [6, 6.07) is 15.4. The number of amides is 3. The summed E-state index contributed by atoms with van der Waals surface area (Å²) < 4.78 is 5.58. The number of aryl methyl sites for hydroxylation is 1. The smallest absolute Gasteiger partial charge is 0.328 e. The van der Waals surface area contributed by atoms with Crippen LogP contribution < -0.4 is 15.0 Å². The van der Waals surface area contributed by atoms with E-state index in [4.69, 9.17) is 4.74 Å². The van der Waals surface area contributed by atoms with E-state index in [2.05, 4.69) is 27.2 Å². The van der Waals surface area contributed by atoms with Crippen molar-refractivity contribution >= 4 is 17.6 Å². The SMILES string of the molecule is CCOc1ccc(N2CCCN3C4C(=O)N(Cc5ccc(C)cc5)C(=O)N(C)C4NC23)cc1. The zero-order valence-electron chi connectivity index (χ0n) is 19.4. The van der Waals surface area contributed by atoms with Gasteiger partial charge in [0.1, 0.15) is 24.2 Å². The van der Waals surface area contributed by atoms with Crippen molar-refractivity contribution in [3.05, 3.63) is 59.7 Å². The second-order valence-electron chi connectivity index (χ2n) is 8.95. The standard InChI is InChI=1S/C25H31N5O3/c1-4-33-20-12-10-19(11-13-20)28-14-5-15-29-21-22(26-24(28)29)27(3)25(32)30(23(21)31)16-18-8-6-17(2)7-9-18/h6-13,21-22,24,26H,4-5,14-16H2,1-3H3. The highest BCUT2D eigenvalue weighted by atomic mass is 16.5. The molecule has 174 valence electrons. The van der Waals surface area contributed by atoms with E-state index in [0.29, 0.717) is 6.61 Å². The van der Waals surface area contributed by atoms with Gasteiger partial charge in [0, 0.05) is 25.8 Å². The fourth-order valence-electron chi connectivity index (χ4n) is 5.11. The van der Waals surface area contributed by atoms with Gasteiger partial charge in [0.2, 0.25) is 0 Å². The third-order valence-corrected chi connectivity index (χ3v) is 6.81. The summed E-state index contributed by atoms with van der Waals surface area (Å²) >= 11 is 0. The lowest BCUT2D eigenvalue weighted by Gasteiger charge is -2.44. The molecule has 8 heteroatoms. The van der Waals surface area contributed by atoms with Crippen molar-refractivity contribution in [3.63, 3.8) is 0 Å². The predicted octanol–water partition coefficient (Wildman–Crippen LogP) is 2.58. The number of fused-ring (bicyclic) bond motifs is 3. The second-order valence-corrected chi connectivity index (χ2v) is 8.95. The van der Waals surface area contributed by atoms with Crippen LogP contribution in [0.4, 0.5) is 10.5 Å². The lowest BCUT2D eigenvalue weighted by atomic mass is 10.1. The summed E-state index contributed by atoms with van der Waals surface area (Å²) in [5.41, 5.74) is 3.17. The maximum absolute atomic E-state index is 13.6. The molecule has 1 N–H and O–H groups in total. The summed E-state index contributed by atoms with van der Waals surface area (Å²) in [6.07, 6.45) is 0.440. The van der Waals surface area contributed by atoms with E-state index in [9.17, 15) is 9.59 Å². The van der Waals surface area contributed by atoms with E-state index in [-0.39, 0.29) is 30.9 Å². The van der Waals surface area contributed by atoms with Crippen LogP contribution in [-0.4, -0.2) is 71.9 Å². The van der Waals surface area contributed by atoms with Crippen LogP contribution in [0, 0.1) is 6.92 Å². The van der Waals surface area contributed by atoms with Crippen LogP contribution in [0.15, 0.2) is 48.5 Å². The number of hydrogen-bond acceptors (Lipinski definition) is 6. The number of urea groups is 1. The molecule has 3 amide bonds. The van der Waals surface area contributed by atoms with E-state index < -0.39 is 6.04 Å². The molecule has 3 aliphatic rings. The summed E-state index contributed by atoms with van der Waals surface area (Å²) in [5, 5.41) is 3.56. The molecule has 3 atom stereocenters. The number of benzene rings is 2. The Kier molecular flexibility index (Phi) is 5.72. The molecule has 0 bridgehead atoms. The monoisotopic (exact) mass is 449 g/mol. The maximum Gasteiger partial charge on any atom is 0.328 e. The molecular formula is C25H31N5O3. The molecule has 2 aromatic rings. The van der Waals surface area contributed by atoms with Gasteiger partial charge in [-0.15, -0.1) is 0 Å². The molecule has 33 heavy (non-hydrogen) atoms. The molecule has 0 radical (unpaired) electrons. The molecular weight excluding hydrogens is 418 g/mol. The summed E-state index contributed by atoms with van der Waals surface area (Å²) in [7, 11) is 1.78. The Labute approximate surface area is 194 Å². The number of nitrogens with zero attached hydrogens (tertiary/aromatic N) is 4. The maximum atomic E-state index is 13.6. The number of rotatable bonds is 5. The average Bonchev–Trinajstić information content (AvgIpc) is 3.22. The Bertz CT molecular complexity index is 1030. The van der Waals surface area contributed by atoms with Gasteiger partial charge in [-0.2, -0.15) is 0 Å². The lowest BCUT2D eigenvalue weighted by molar-refractivity contribution is -0.139. The van der Waals surface area contributed by atoms with Gasteiger partial charge in [-0.3, -0.25) is 19.9 Å². The number of carbonyl (C=O) groups is 2. The van der Waals surface area contributed by atoms with Crippen molar-refractivity contribution in [1.29, 1.82) is 0 Å². The van der Waals surface area contributed by atoms with Crippen LogP contribution in [0.3, 0.4) is 0 Å². The highest BCUT2D eigenvalue weighted by molar-refractivity contribution is 6.00. The van der Waals surface area contributed by atoms with Gasteiger partial charge in [0.05, 0.1) is 13.2 Å². The molecule has 3 aliphatic heterocycles. The van der Waals surface area contributed by atoms with Crippen LogP contribution in [0.25, 0.3) is 0 Å². The van der Waals surface area contributed by atoms with Crippen LogP contribution in [-0.2, 0) is 11.3 Å². The number of likely N-dealkylation sites (N-methyl/N-ethyl adjacent to an activating group) is 1. The van der Waals surface area contributed by atoms with E-state index >= 15 is 0 Å². The first-order valence-electron chi connectivity index (χ1n) is 11.6. The number of hydrogen-bond donors (Lipinski definition) is 1. The molecule has 3 unspecified atom stereocenters. The Morgan fingerprint density at radius 3 is 2.45 bits per heavy atom. The highest BCUT2D eigenvalue weighted by Crippen LogP contribution is 2.34. The molecule has 0 aromatic heterocycles. The number of carbonyl (C=O) groups excluding carboxylic acids is 2. The van der Waals surface area contributed by atoms with E-state index in [1.807, 2.05) is 50.2 Å².